The summed E-state index contributed by atoms with van der Waals surface area (Å²) in [6, 6.07) is 0. The Morgan fingerprint density at radius 1 is 1.15 bits per heavy atom. The monoisotopic (exact) mass is 310 g/mol. The second kappa shape index (κ2) is 12.4. The van der Waals surface area contributed by atoms with Gasteiger partial charge in [0.05, 0.1) is 6.61 Å². The minimum Gasteiger partial charge on any atom is -0.465 e. The van der Waals surface area contributed by atoms with Crippen molar-refractivity contribution in [3.63, 3.8) is 0 Å². The van der Waals surface area contributed by atoms with Gasteiger partial charge in [0, 0.05) is 6.42 Å². The Morgan fingerprint density at radius 2 is 1.85 bits per heavy atom. The van der Waals surface area contributed by atoms with Crippen molar-refractivity contribution < 1.29 is 18.3 Å². The molecule has 0 amide bonds. The molecule has 0 fully saturated rings. The molecule has 1 unspecified atom stereocenters. The maximum absolute atomic E-state index is 12.0. The van der Waals surface area contributed by atoms with Crippen molar-refractivity contribution in [2.24, 2.45) is 5.92 Å². The molecular weight excluding hydrogens is 282 g/mol. The van der Waals surface area contributed by atoms with Gasteiger partial charge in [-0.1, -0.05) is 33.6 Å². The van der Waals surface area contributed by atoms with Gasteiger partial charge in [0.15, 0.2) is 0 Å². The number of carbonyl (C=O) groups excluding carboxylic acids is 1. The molecule has 0 radical (unpaired) electrons. The van der Waals surface area contributed by atoms with Crippen LogP contribution in [0.15, 0.2) is 0 Å². The fourth-order valence-corrected chi connectivity index (χ4v) is 2.93. The van der Waals surface area contributed by atoms with Crippen LogP contribution in [-0.2, 0) is 9.53 Å². The van der Waals surface area contributed by atoms with Crippen LogP contribution in [0.2, 0.25) is 0 Å². The van der Waals surface area contributed by atoms with Crippen molar-refractivity contribution >= 4 is 17.7 Å². The van der Waals surface area contributed by atoms with Gasteiger partial charge in [0.25, 0.3) is 0 Å². The second-order valence-corrected chi connectivity index (χ2v) is 6.55. The SMILES string of the molecule is CCCCOC(=O)C(SCCCCCC(F)F)C(C)C. The van der Waals surface area contributed by atoms with E-state index in [1.54, 1.807) is 11.8 Å². The zero-order valence-corrected chi connectivity index (χ0v) is 13.7. The van der Waals surface area contributed by atoms with Crippen LogP contribution in [0, 0.1) is 5.92 Å². The first-order valence-electron chi connectivity index (χ1n) is 7.55. The minimum atomic E-state index is -2.19. The van der Waals surface area contributed by atoms with Gasteiger partial charge in [-0.15, -0.1) is 11.8 Å². The maximum Gasteiger partial charge on any atom is 0.319 e. The Morgan fingerprint density at radius 3 is 2.40 bits per heavy atom. The highest BCUT2D eigenvalue weighted by Crippen LogP contribution is 2.23. The summed E-state index contributed by atoms with van der Waals surface area (Å²) >= 11 is 1.59. The first kappa shape index (κ1) is 19.7. The third kappa shape index (κ3) is 10.5. The summed E-state index contributed by atoms with van der Waals surface area (Å²) < 4.78 is 29.2. The fourth-order valence-electron chi connectivity index (χ4n) is 1.72. The second-order valence-electron chi connectivity index (χ2n) is 5.30. The van der Waals surface area contributed by atoms with Crippen LogP contribution in [0.25, 0.3) is 0 Å². The highest BCUT2D eigenvalue weighted by atomic mass is 32.2. The molecule has 120 valence electrons. The standard InChI is InChI=1S/C15H28F2O2S/c1-4-5-10-19-15(18)14(12(2)3)20-11-8-6-7-9-13(16)17/h12-14H,4-11H2,1-3H3. The molecule has 0 aromatic carbocycles. The Bertz CT molecular complexity index is 248. The van der Waals surface area contributed by atoms with Crippen LogP contribution >= 0.6 is 11.8 Å². The van der Waals surface area contributed by atoms with Crippen LogP contribution in [0.3, 0.4) is 0 Å². The maximum atomic E-state index is 12.0. The molecule has 0 aromatic heterocycles. The molecule has 1 atom stereocenters. The summed E-state index contributed by atoms with van der Waals surface area (Å²) in [6.45, 7) is 6.57. The largest absolute Gasteiger partial charge is 0.465 e. The molecule has 2 nitrogen and oxygen atoms in total. The van der Waals surface area contributed by atoms with Gasteiger partial charge >= 0.3 is 5.97 Å². The van der Waals surface area contributed by atoms with Gasteiger partial charge in [-0.25, -0.2) is 8.78 Å². The first-order chi connectivity index (χ1) is 9.49. The molecule has 0 bridgehead atoms. The van der Waals surface area contributed by atoms with E-state index < -0.39 is 6.43 Å². The highest BCUT2D eigenvalue weighted by molar-refractivity contribution is 8.00. The van der Waals surface area contributed by atoms with Gasteiger partial charge in [0.2, 0.25) is 6.43 Å². The molecule has 0 spiro atoms. The predicted molar refractivity (Wildman–Crippen MR) is 81.4 cm³/mol. The van der Waals surface area contributed by atoms with E-state index in [1.807, 2.05) is 13.8 Å². The third-order valence-electron chi connectivity index (χ3n) is 2.94. The number of unbranched alkanes of at least 4 members (excludes halogenated alkanes) is 3. The third-order valence-corrected chi connectivity index (χ3v) is 4.56. The van der Waals surface area contributed by atoms with Gasteiger partial charge in [-0.2, -0.15) is 0 Å². The van der Waals surface area contributed by atoms with Crippen LogP contribution in [0.5, 0.6) is 0 Å². The highest BCUT2D eigenvalue weighted by Gasteiger charge is 2.23. The molecular formula is C15H28F2O2S. The summed E-state index contributed by atoms with van der Waals surface area (Å²) in [5, 5.41) is -0.137. The number of thioether (sulfide) groups is 1. The quantitative estimate of drug-likeness (QED) is 0.378. The zero-order chi connectivity index (χ0) is 15.4. The number of esters is 1. The van der Waals surface area contributed by atoms with E-state index in [0.29, 0.717) is 13.0 Å². The topological polar surface area (TPSA) is 26.3 Å². The molecule has 0 heterocycles. The van der Waals surface area contributed by atoms with Crippen LogP contribution in [0.1, 0.15) is 59.3 Å². The number of hydrogen-bond donors (Lipinski definition) is 0. The van der Waals surface area contributed by atoms with Crippen molar-refractivity contribution in [1.29, 1.82) is 0 Å². The van der Waals surface area contributed by atoms with E-state index >= 15 is 0 Å². The first-order valence-corrected chi connectivity index (χ1v) is 8.60. The Hall–Kier alpha value is -0.320. The molecule has 0 saturated carbocycles. The molecule has 0 rings (SSSR count). The number of ether oxygens (including phenoxy) is 1. The minimum absolute atomic E-state index is 0.0165. The van der Waals surface area contributed by atoms with Crippen LogP contribution in [-0.4, -0.2) is 30.0 Å². The van der Waals surface area contributed by atoms with Crippen LogP contribution in [0.4, 0.5) is 8.78 Å². The number of hydrogen-bond acceptors (Lipinski definition) is 3. The lowest BCUT2D eigenvalue weighted by Crippen LogP contribution is -2.26. The summed E-state index contributed by atoms with van der Waals surface area (Å²) in [5.74, 6) is 0.927. The fraction of sp³-hybridized carbons (Fsp3) is 0.933. The summed E-state index contributed by atoms with van der Waals surface area (Å²) in [6.07, 6.45) is 1.93. The molecule has 0 aromatic rings. The molecule has 5 heteroatoms. The molecule has 0 aliphatic rings. The number of carbonyl (C=O) groups is 1. The molecule has 0 aliphatic heterocycles. The lowest BCUT2D eigenvalue weighted by molar-refractivity contribution is -0.143. The average molecular weight is 310 g/mol. The summed E-state index contributed by atoms with van der Waals surface area (Å²) in [4.78, 5) is 11.9. The van der Waals surface area contributed by atoms with E-state index in [-0.39, 0.29) is 23.6 Å². The van der Waals surface area contributed by atoms with Gasteiger partial charge in [-0.3, -0.25) is 4.79 Å². The number of alkyl halides is 2. The van der Waals surface area contributed by atoms with Crippen molar-refractivity contribution in [2.75, 3.05) is 12.4 Å². The van der Waals surface area contributed by atoms with Crippen molar-refractivity contribution in [3.05, 3.63) is 0 Å². The number of rotatable bonds is 12. The van der Waals surface area contributed by atoms with Crippen molar-refractivity contribution in [2.45, 2.75) is 71.0 Å². The lowest BCUT2D eigenvalue weighted by atomic mass is 10.1. The average Bonchev–Trinajstić information content (AvgIpc) is 2.37. The van der Waals surface area contributed by atoms with E-state index in [0.717, 1.165) is 31.4 Å². The van der Waals surface area contributed by atoms with E-state index in [1.165, 1.54) is 0 Å². The number of halogens is 2. The summed E-state index contributed by atoms with van der Waals surface area (Å²) in [7, 11) is 0. The smallest absolute Gasteiger partial charge is 0.319 e. The summed E-state index contributed by atoms with van der Waals surface area (Å²) in [5.41, 5.74) is 0. The van der Waals surface area contributed by atoms with E-state index in [4.69, 9.17) is 4.74 Å². The van der Waals surface area contributed by atoms with Crippen LogP contribution < -0.4 is 0 Å². The Balaban J connectivity index is 3.82. The van der Waals surface area contributed by atoms with E-state index in [9.17, 15) is 13.6 Å². The molecule has 0 saturated heterocycles. The van der Waals surface area contributed by atoms with E-state index in [2.05, 4.69) is 6.92 Å². The Labute approximate surface area is 126 Å². The van der Waals surface area contributed by atoms with Crippen molar-refractivity contribution in [1.82, 2.24) is 0 Å². The predicted octanol–water partition coefficient (Wildman–Crippen LogP) is 4.91. The van der Waals surface area contributed by atoms with Gasteiger partial charge in [-0.05, 0) is 30.9 Å². The lowest BCUT2D eigenvalue weighted by Gasteiger charge is -2.19. The van der Waals surface area contributed by atoms with Gasteiger partial charge in [0.1, 0.15) is 5.25 Å². The zero-order valence-electron chi connectivity index (χ0n) is 12.9. The molecule has 0 aliphatic carbocycles. The Kier molecular flexibility index (Phi) is 12.2. The van der Waals surface area contributed by atoms with Crippen molar-refractivity contribution in [3.8, 4) is 0 Å². The van der Waals surface area contributed by atoms with Gasteiger partial charge < -0.3 is 4.74 Å². The molecule has 20 heavy (non-hydrogen) atoms. The normalized spacial score (nSPS) is 12.9. The molecule has 0 N–H and O–H groups in total.